The van der Waals surface area contributed by atoms with Gasteiger partial charge in [-0.25, -0.2) is 0 Å². The van der Waals surface area contributed by atoms with Gasteiger partial charge in [0, 0.05) is 17.1 Å². The predicted molar refractivity (Wildman–Crippen MR) is 88.2 cm³/mol. The van der Waals surface area contributed by atoms with Crippen molar-refractivity contribution >= 4 is 15.9 Å². The van der Waals surface area contributed by atoms with Crippen molar-refractivity contribution in [3.05, 3.63) is 33.3 Å². The summed E-state index contributed by atoms with van der Waals surface area (Å²) in [6.07, 6.45) is 5.25. The van der Waals surface area contributed by atoms with Crippen LogP contribution < -0.4 is 5.32 Å². The Morgan fingerprint density at radius 1 is 1.35 bits per heavy atom. The molecule has 1 N–H and O–H groups in total. The van der Waals surface area contributed by atoms with Gasteiger partial charge in [0.05, 0.1) is 6.10 Å². The number of hydrogen-bond acceptors (Lipinski definition) is 2. The summed E-state index contributed by atoms with van der Waals surface area (Å²) in [4.78, 5) is 0. The molecule has 2 unspecified atom stereocenters. The minimum absolute atomic E-state index is 0.440. The molecule has 2 rings (SSSR count). The molecule has 1 heterocycles. The van der Waals surface area contributed by atoms with E-state index in [1.807, 2.05) is 0 Å². The zero-order chi connectivity index (χ0) is 14.5. The molecule has 2 nitrogen and oxygen atoms in total. The Bertz CT molecular complexity index is 418. The summed E-state index contributed by atoms with van der Waals surface area (Å²) >= 11 is 3.65. The molecule has 1 aromatic rings. The first-order chi connectivity index (χ1) is 9.61. The largest absolute Gasteiger partial charge is 0.378 e. The van der Waals surface area contributed by atoms with Crippen molar-refractivity contribution in [3.63, 3.8) is 0 Å². The van der Waals surface area contributed by atoms with Crippen LogP contribution in [0.25, 0.3) is 0 Å². The maximum atomic E-state index is 5.75. The van der Waals surface area contributed by atoms with Gasteiger partial charge in [-0.2, -0.15) is 0 Å². The van der Waals surface area contributed by atoms with E-state index in [0.29, 0.717) is 12.1 Å². The van der Waals surface area contributed by atoms with E-state index in [2.05, 4.69) is 54.2 Å². The van der Waals surface area contributed by atoms with Gasteiger partial charge in [-0.05, 0) is 62.8 Å². The third-order valence-corrected chi connectivity index (χ3v) is 5.36. The molecule has 1 aliphatic rings. The normalized spacial score (nSPS) is 20.3. The fourth-order valence-corrected chi connectivity index (χ4v) is 3.27. The summed E-state index contributed by atoms with van der Waals surface area (Å²) in [5.41, 5.74) is 4.04. The molecule has 1 aliphatic heterocycles. The minimum atomic E-state index is 0.440. The zero-order valence-corrected chi connectivity index (χ0v) is 14.4. The molecule has 1 saturated heterocycles. The van der Waals surface area contributed by atoms with Gasteiger partial charge in [-0.3, -0.25) is 0 Å². The van der Waals surface area contributed by atoms with Crippen molar-refractivity contribution < 1.29 is 4.74 Å². The smallest absolute Gasteiger partial charge is 0.0576 e. The lowest BCUT2D eigenvalue weighted by atomic mass is 9.96. The monoisotopic (exact) mass is 339 g/mol. The molecular weight excluding hydrogens is 314 g/mol. The van der Waals surface area contributed by atoms with E-state index in [4.69, 9.17) is 4.74 Å². The van der Waals surface area contributed by atoms with Crippen molar-refractivity contribution in [3.8, 4) is 0 Å². The summed E-state index contributed by atoms with van der Waals surface area (Å²) in [6.45, 7) is 8.47. The standard InChI is InChI=1S/C17H26BrNO/c1-4-19-16(8-7-15-6-5-9-20-15)14-10-12(2)17(18)13(3)11-14/h10-11,15-16,19H,4-9H2,1-3H3. The fraction of sp³-hybridized carbons (Fsp3) is 0.647. The van der Waals surface area contributed by atoms with E-state index in [9.17, 15) is 0 Å². The van der Waals surface area contributed by atoms with Gasteiger partial charge in [0.25, 0.3) is 0 Å². The van der Waals surface area contributed by atoms with Gasteiger partial charge in [-0.15, -0.1) is 0 Å². The number of benzene rings is 1. The molecule has 2 atom stereocenters. The van der Waals surface area contributed by atoms with Gasteiger partial charge in [0.1, 0.15) is 0 Å². The van der Waals surface area contributed by atoms with Crippen LogP contribution in [0.2, 0.25) is 0 Å². The third kappa shape index (κ3) is 4.06. The van der Waals surface area contributed by atoms with Crippen LogP contribution in [0.1, 0.15) is 55.3 Å². The van der Waals surface area contributed by atoms with Crippen molar-refractivity contribution in [1.29, 1.82) is 0 Å². The van der Waals surface area contributed by atoms with Crippen LogP contribution in [0.5, 0.6) is 0 Å². The van der Waals surface area contributed by atoms with E-state index in [0.717, 1.165) is 26.0 Å². The van der Waals surface area contributed by atoms with Gasteiger partial charge < -0.3 is 10.1 Å². The highest BCUT2D eigenvalue weighted by Crippen LogP contribution is 2.29. The van der Waals surface area contributed by atoms with Crippen molar-refractivity contribution in [2.24, 2.45) is 0 Å². The van der Waals surface area contributed by atoms with E-state index < -0.39 is 0 Å². The number of nitrogens with one attached hydrogen (secondary N) is 1. The lowest BCUT2D eigenvalue weighted by Gasteiger charge is -2.21. The average molecular weight is 340 g/mol. The Labute approximate surface area is 131 Å². The molecule has 1 aromatic carbocycles. The van der Waals surface area contributed by atoms with E-state index >= 15 is 0 Å². The summed E-state index contributed by atoms with van der Waals surface area (Å²) in [7, 11) is 0. The summed E-state index contributed by atoms with van der Waals surface area (Å²) in [5.74, 6) is 0. The van der Waals surface area contributed by atoms with Crippen LogP contribution in [-0.4, -0.2) is 19.3 Å². The number of hydrogen-bond donors (Lipinski definition) is 1. The molecule has 0 bridgehead atoms. The van der Waals surface area contributed by atoms with Crippen LogP contribution in [0.3, 0.4) is 0 Å². The maximum Gasteiger partial charge on any atom is 0.0576 e. The van der Waals surface area contributed by atoms with Gasteiger partial charge >= 0.3 is 0 Å². The van der Waals surface area contributed by atoms with E-state index in [1.54, 1.807) is 0 Å². The Balaban J connectivity index is 2.06. The van der Waals surface area contributed by atoms with Crippen LogP contribution in [-0.2, 0) is 4.74 Å². The molecule has 0 amide bonds. The molecular formula is C17H26BrNO. The molecule has 112 valence electrons. The summed E-state index contributed by atoms with van der Waals surface area (Å²) < 4.78 is 6.98. The molecule has 0 radical (unpaired) electrons. The van der Waals surface area contributed by atoms with E-state index in [-0.39, 0.29) is 0 Å². The second kappa shape index (κ2) is 7.58. The number of rotatable bonds is 6. The molecule has 0 saturated carbocycles. The van der Waals surface area contributed by atoms with Gasteiger partial charge in [0.2, 0.25) is 0 Å². The summed E-state index contributed by atoms with van der Waals surface area (Å²) in [5, 5.41) is 3.63. The Morgan fingerprint density at radius 2 is 2.05 bits per heavy atom. The topological polar surface area (TPSA) is 21.3 Å². The zero-order valence-electron chi connectivity index (χ0n) is 12.8. The minimum Gasteiger partial charge on any atom is -0.378 e. The number of aryl methyl sites for hydroxylation is 2. The lowest BCUT2D eigenvalue weighted by Crippen LogP contribution is -2.22. The Morgan fingerprint density at radius 3 is 2.60 bits per heavy atom. The van der Waals surface area contributed by atoms with Gasteiger partial charge in [-0.1, -0.05) is 35.0 Å². The van der Waals surface area contributed by atoms with Crippen LogP contribution in [0, 0.1) is 13.8 Å². The SMILES string of the molecule is CCNC(CCC1CCCO1)c1cc(C)c(Br)c(C)c1. The van der Waals surface area contributed by atoms with Crippen molar-refractivity contribution in [2.75, 3.05) is 13.2 Å². The molecule has 0 aromatic heterocycles. The first-order valence-corrected chi connectivity index (χ1v) is 8.52. The first kappa shape index (κ1) is 16.0. The highest BCUT2D eigenvalue weighted by molar-refractivity contribution is 9.10. The van der Waals surface area contributed by atoms with Gasteiger partial charge in [0.15, 0.2) is 0 Å². The second-order valence-electron chi connectivity index (χ2n) is 5.79. The molecule has 0 spiro atoms. The molecule has 1 fully saturated rings. The highest BCUT2D eigenvalue weighted by Gasteiger charge is 2.19. The fourth-order valence-electron chi connectivity index (χ4n) is 3.04. The predicted octanol–water partition coefficient (Wildman–Crippen LogP) is 4.68. The second-order valence-corrected chi connectivity index (χ2v) is 6.58. The van der Waals surface area contributed by atoms with Crippen LogP contribution in [0.15, 0.2) is 16.6 Å². The summed E-state index contributed by atoms with van der Waals surface area (Å²) in [6, 6.07) is 5.05. The van der Waals surface area contributed by atoms with Crippen LogP contribution >= 0.6 is 15.9 Å². The average Bonchev–Trinajstić information content (AvgIpc) is 2.93. The first-order valence-electron chi connectivity index (χ1n) is 7.73. The molecule has 3 heteroatoms. The lowest BCUT2D eigenvalue weighted by molar-refractivity contribution is 0.0996. The van der Waals surface area contributed by atoms with Crippen molar-refractivity contribution in [2.45, 2.75) is 58.6 Å². The number of halogens is 1. The van der Waals surface area contributed by atoms with E-state index in [1.165, 1.54) is 34.0 Å². The van der Waals surface area contributed by atoms with Crippen LogP contribution in [0.4, 0.5) is 0 Å². The molecule has 20 heavy (non-hydrogen) atoms. The third-order valence-electron chi connectivity index (χ3n) is 4.11. The van der Waals surface area contributed by atoms with Crippen molar-refractivity contribution in [1.82, 2.24) is 5.32 Å². The Hall–Kier alpha value is -0.380. The molecule has 0 aliphatic carbocycles. The highest BCUT2D eigenvalue weighted by atomic mass is 79.9. The Kier molecular flexibility index (Phi) is 6.06. The quantitative estimate of drug-likeness (QED) is 0.812. The maximum absolute atomic E-state index is 5.75. The number of ether oxygens (including phenoxy) is 1.